The molecule has 2 aromatic carbocycles. The average molecular weight is 430 g/mol. The highest BCUT2D eigenvalue weighted by molar-refractivity contribution is 7.99. The molecular formula is C22H24ClN3O2S. The third-order valence-electron chi connectivity index (χ3n) is 4.71. The first kappa shape index (κ1) is 21.4. The molecule has 0 aliphatic heterocycles. The second-order valence-electron chi connectivity index (χ2n) is 6.59. The molecule has 3 rings (SSSR count). The SMILES string of the molecule is CCc1ccc(CC)c(C(=O)CSc2nnc(COc3ccccc3Cl)n2C)c1. The summed E-state index contributed by atoms with van der Waals surface area (Å²) in [6, 6.07) is 13.5. The van der Waals surface area contributed by atoms with Crippen molar-refractivity contribution in [2.75, 3.05) is 5.75 Å². The van der Waals surface area contributed by atoms with Crippen LogP contribution in [0.1, 0.15) is 41.2 Å². The average Bonchev–Trinajstić information content (AvgIpc) is 3.10. The molecule has 3 aromatic rings. The topological polar surface area (TPSA) is 57.0 Å². The minimum Gasteiger partial charge on any atom is -0.484 e. The van der Waals surface area contributed by atoms with Gasteiger partial charge in [-0.3, -0.25) is 4.79 Å². The molecule has 0 aliphatic carbocycles. The first-order valence-electron chi connectivity index (χ1n) is 9.56. The molecule has 0 N–H and O–H groups in total. The smallest absolute Gasteiger partial charge is 0.191 e. The third kappa shape index (κ3) is 5.19. The van der Waals surface area contributed by atoms with Gasteiger partial charge in [-0.1, -0.05) is 61.5 Å². The van der Waals surface area contributed by atoms with E-state index in [1.807, 2.05) is 35.9 Å². The number of carbonyl (C=O) groups is 1. The second kappa shape index (κ2) is 9.94. The Bertz CT molecular complexity index is 1000. The van der Waals surface area contributed by atoms with E-state index in [9.17, 15) is 4.79 Å². The van der Waals surface area contributed by atoms with Crippen LogP contribution < -0.4 is 4.74 Å². The zero-order valence-electron chi connectivity index (χ0n) is 16.8. The Hall–Kier alpha value is -2.31. The number of ether oxygens (including phenoxy) is 1. The number of aryl methyl sites for hydroxylation is 2. The molecule has 0 saturated heterocycles. The van der Waals surface area contributed by atoms with Crippen molar-refractivity contribution in [2.45, 2.75) is 38.5 Å². The molecule has 0 atom stereocenters. The number of para-hydroxylation sites is 1. The van der Waals surface area contributed by atoms with Crippen molar-refractivity contribution in [3.63, 3.8) is 0 Å². The number of carbonyl (C=O) groups excluding carboxylic acids is 1. The summed E-state index contributed by atoms with van der Waals surface area (Å²) < 4.78 is 7.58. The van der Waals surface area contributed by atoms with E-state index >= 15 is 0 Å². The molecule has 5 nitrogen and oxygen atoms in total. The monoisotopic (exact) mass is 429 g/mol. The van der Waals surface area contributed by atoms with Gasteiger partial charge in [-0.25, -0.2) is 0 Å². The van der Waals surface area contributed by atoms with Gasteiger partial charge < -0.3 is 9.30 Å². The fourth-order valence-corrected chi connectivity index (χ4v) is 3.92. The first-order valence-corrected chi connectivity index (χ1v) is 10.9. The molecule has 7 heteroatoms. The van der Waals surface area contributed by atoms with Gasteiger partial charge in [0.2, 0.25) is 0 Å². The highest BCUT2D eigenvalue weighted by Gasteiger charge is 2.15. The predicted molar refractivity (Wildman–Crippen MR) is 117 cm³/mol. The lowest BCUT2D eigenvalue weighted by Crippen LogP contribution is -2.08. The van der Waals surface area contributed by atoms with Crippen molar-refractivity contribution in [2.24, 2.45) is 7.05 Å². The van der Waals surface area contributed by atoms with Crippen LogP contribution in [0, 0.1) is 0 Å². The lowest BCUT2D eigenvalue weighted by atomic mass is 9.98. The molecule has 0 spiro atoms. The summed E-state index contributed by atoms with van der Waals surface area (Å²) in [6.45, 7) is 4.41. The van der Waals surface area contributed by atoms with E-state index in [4.69, 9.17) is 16.3 Å². The maximum atomic E-state index is 12.8. The van der Waals surface area contributed by atoms with Crippen molar-refractivity contribution in [3.05, 3.63) is 70.0 Å². The lowest BCUT2D eigenvalue weighted by Gasteiger charge is -2.09. The van der Waals surface area contributed by atoms with Crippen LogP contribution in [0.3, 0.4) is 0 Å². The van der Waals surface area contributed by atoms with Crippen LogP contribution in [0.5, 0.6) is 5.75 Å². The normalized spacial score (nSPS) is 10.9. The summed E-state index contributed by atoms with van der Waals surface area (Å²) >= 11 is 7.50. The Balaban J connectivity index is 1.65. The Labute approximate surface area is 180 Å². The second-order valence-corrected chi connectivity index (χ2v) is 7.94. The van der Waals surface area contributed by atoms with Gasteiger partial charge >= 0.3 is 0 Å². The van der Waals surface area contributed by atoms with E-state index in [0.717, 1.165) is 24.0 Å². The predicted octanol–water partition coefficient (Wildman–Crippen LogP) is 5.15. The van der Waals surface area contributed by atoms with Crippen LogP contribution in [0.25, 0.3) is 0 Å². The molecule has 0 fully saturated rings. The van der Waals surface area contributed by atoms with Gasteiger partial charge in [0.15, 0.2) is 16.8 Å². The van der Waals surface area contributed by atoms with E-state index < -0.39 is 0 Å². The number of hydrogen-bond donors (Lipinski definition) is 0. The standard InChI is InChI=1S/C22H24ClN3O2S/c1-4-15-10-11-16(5-2)17(12-15)19(27)14-29-22-25-24-21(26(22)3)13-28-20-9-7-6-8-18(20)23/h6-12H,4-5,13-14H2,1-3H3. The highest BCUT2D eigenvalue weighted by atomic mass is 35.5. The lowest BCUT2D eigenvalue weighted by molar-refractivity contribution is 0.102. The van der Waals surface area contributed by atoms with Gasteiger partial charge in [0.05, 0.1) is 10.8 Å². The summed E-state index contributed by atoms with van der Waals surface area (Å²) in [6.07, 6.45) is 1.75. The summed E-state index contributed by atoms with van der Waals surface area (Å²) in [5.41, 5.74) is 3.07. The zero-order valence-corrected chi connectivity index (χ0v) is 18.4. The highest BCUT2D eigenvalue weighted by Crippen LogP contribution is 2.25. The molecule has 0 radical (unpaired) electrons. The van der Waals surface area contributed by atoms with Gasteiger partial charge in [-0.05, 0) is 42.2 Å². The van der Waals surface area contributed by atoms with Crippen molar-refractivity contribution in [1.29, 1.82) is 0 Å². The van der Waals surface area contributed by atoms with Gasteiger partial charge in [0.1, 0.15) is 12.4 Å². The van der Waals surface area contributed by atoms with Gasteiger partial charge in [-0.15, -0.1) is 10.2 Å². The number of hydrogen-bond acceptors (Lipinski definition) is 5. The van der Waals surface area contributed by atoms with Crippen LogP contribution in [0.15, 0.2) is 47.6 Å². The Kier molecular flexibility index (Phi) is 7.34. The maximum absolute atomic E-state index is 12.8. The summed E-state index contributed by atoms with van der Waals surface area (Å²) in [5, 5.41) is 9.62. The maximum Gasteiger partial charge on any atom is 0.191 e. The van der Waals surface area contributed by atoms with Gasteiger partial charge in [0.25, 0.3) is 0 Å². The Morgan fingerprint density at radius 3 is 2.66 bits per heavy atom. The number of Topliss-reactive ketones (excluding diaryl/α,β-unsaturated/α-hetero) is 1. The first-order chi connectivity index (χ1) is 14.0. The van der Waals surface area contributed by atoms with E-state index in [0.29, 0.717) is 27.5 Å². The molecule has 1 heterocycles. The minimum absolute atomic E-state index is 0.110. The molecule has 0 unspecified atom stereocenters. The summed E-state index contributed by atoms with van der Waals surface area (Å²) in [7, 11) is 1.87. The molecule has 0 amide bonds. The van der Waals surface area contributed by atoms with E-state index in [1.54, 1.807) is 6.07 Å². The van der Waals surface area contributed by atoms with Crippen LogP contribution in [0.2, 0.25) is 5.02 Å². The largest absolute Gasteiger partial charge is 0.484 e. The van der Waals surface area contributed by atoms with E-state index in [1.165, 1.54) is 17.3 Å². The van der Waals surface area contributed by atoms with Crippen LogP contribution >= 0.6 is 23.4 Å². The number of thioether (sulfide) groups is 1. The van der Waals surface area contributed by atoms with E-state index in [2.05, 4.69) is 36.2 Å². The Morgan fingerprint density at radius 2 is 1.93 bits per heavy atom. The number of aromatic nitrogens is 3. The van der Waals surface area contributed by atoms with E-state index in [-0.39, 0.29) is 12.4 Å². The minimum atomic E-state index is 0.110. The Morgan fingerprint density at radius 1 is 1.14 bits per heavy atom. The summed E-state index contributed by atoms with van der Waals surface area (Å²) in [5.74, 6) is 1.70. The molecule has 1 aromatic heterocycles. The van der Waals surface area contributed by atoms with Crippen LogP contribution in [-0.4, -0.2) is 26.3 Å². The van der Waals surface area contributed by atoms with Crippen LogP contribution in [0.4, 0.5) is 0 Å². The molecule has 152 valence electrons. The van der Waals surface area contributed by atoms with Crippen LogP contribution in [-0.2, 0) is 26.5 Å². The van der Waals surface area contributed by atoms with Crippen molar-refractivity contribution in [1.82, 2.24) is 14.8 Å². The summed E-state index contributed by atoms with van der Waals surface area (Å²) in [4.78, 5) is 12.8. The molecular weight excluding hydrogens is 406 g/mol. The molecule has 0 aliphatic rings. The van der Waals surface area contributed by atoms with Crippen molar-refractivity contribution in [3.8, 4) is 5.75 Å². The van der Waals surface area contributed by atoms with Gasteiger partial charge in [0, 0.05) is 12.6 Å². The number of ketones is 1. The fraction of sp³-hybridized carbons (Fsp3) is 0.318. The number of halogens is 1. The van der Waals surface area contributed by atoms with Crippen molar-refractivity contribution >= 4 is 29.1 Å². The third-order valence-corrected chi connectivity index (χ3v) is 6.05. The number of benzene rings is 2. The fourth-order valence-electron chi connectivity index (χ4n) is 2.92. The quantitative estimate of drug-likeness (QED) is 0.348. The molecule has 0 saturated carbocycles. The number of rotatable bonds is 9. The van der Waals surface area contributed by atoms with Gasteiger partial charge in [-0.2, -0.15) is 0 Å². The van der Waals surface area contributed by atoms with Crippen molar-refractivity contribution < 1.29 is 9.53 Å². The zero-order chi connectivity index (χ0) is 20.8. The molecule has 29 heavy (non-hydrogen) atoms. The number of nitrogens with zero attached hydrogens (tertiary/aromatic N) is 3. The molecule has 0 bridgehead atoms.